The van der Waals surface area contributed by atoms with Crippen LogP contribution in [0.15, 0.2) is 18.3 Å². The summed E-state index contributed by atoms with van der Waals surface area (Å²) in [5.74, 6) is 2.64. The molecule has 1 N–H and O–H groups in total. The number of aliphatic hydroxyl groups excluding tert-OH is 1. The number of hydrogen-bond acceptors (Lipinski definition) is 5. The van der Waals surface area contributed by atoms with Gasteiger partial charge in [-0.05, 0) is 18.2 Å². The fourth-order valence-electron chi connectivity index (χ4n) is 2.16. The zero-order valence-corrected chi connectivity index (χ0v) is 11.3. The Bertz CT molecular complexity index is 453. The van der Waals surface area contributed by atoms with Crippen molar-refractivity contribution in [2.24, 2.45) is 0 Å². The first-order chi connectivity index (χ1) is 9.22. The number of aromatic nitrogens is 1. The van der Waals surface area contributed by atoms with Gasteiger partial charge in [-0.15, -0.1) is 0 Å². The highest BCUT2D eigenvalue weighted by Crippen LogP contribution is 2.22. The van der Waals surface area contributed by atoms with Crippen molar-refractivity contribution < 1.29 is 14.6 Å². The van der Waals surface area contributed by atoms with Crippen LogP contribution >= 0.6 is 11.8 Å². The Kier molecular flexibility index (Phi) is 3.61. The Morgan fingerprint density at radius 1 is 1.47 bits per heavy atom. The molecule has 0 bridgehead atoms. The summed E-state index contributed by atoms with van der Waals surface area (Å²) in [6.45, 7) is 0.826. The van der Waals surface area contributed by atoms with Gasteiger partial charge in [0.1, 0.15) is 6.10 Å². The lowest BCUT2D eigenvalue weighted by atomic mass is 10.1. The summed E-state index contributed by atoms with van der Waals surface area (Å²) in [7, 11) is 0. The predicted molar refractivity (Wildman–Crippen MR) is 72.5 cm³/mol. The average Bonchev–Trinajstić information content (AvgIpc) is 2.88. The summed E-state index contributed by atoms with van der Waals surface area (Å²) >= 11 is 1.89. The van der Waals surface area contributed by atoms with Crippen molar-refractivity contribution in [3.05, 3.63) is 23.9 Å². The van der Waals surface area contributed by atoms with Gasteiger partial charge in [-0.2, -0.15) is 11.8 Å². The lowest BCUT2D eigenvalue weighted by Gasteiger charge is -2.35. The molecule has 1 amide bonds. The van der Waals surface area contributed by atoms with Crippen LogP contribution < -0.4 is 4.74 Å². The number of β-amino-alcohol motifs (C(OH)–C–C–N with tert-alkyl or cyclic N) is 1. The number of nitrogens with zero attached hydrogens (tertiary/aromatic N) is 2. The van der Waals surface area contributed by atoms with Crippen molar-refractivity contribution in [1.29, 1.82) is 0 Å². The maximum absolute atomic E-state index is 12.0. The summed E-state index contributed by atoms with van der Waals surface area (Å²) < 4.78 is 5.73. The van der Waals surface area contributed by atoms with E-state index in [2.05, 4.69) is 4.98 Å². The van der Waals surface area contributed by atoms with Crippen LogP contribution in [0.3, 0.4) is 0 Å². The number of likely N-dealkylation sites (tertiary alicyclic amines) is 1. The van der Waals surface area contributed by atoms with Gasteiger partial charge in [0.15, 0.2) is 0 Å². The van der Waals surface area contributed by atoms with E-state index < -0.39 is 0 Å². The van der Waals surface area contributed by atoms with Crippen LogP contribution in [0.5, 0.6) is 5.88 Å². The Labute approximate surface area is 116 Å². The number of carbonyl (C=O) groups excluding carboxylic acids is 1. The molecule has 1 atom stereocenters. The first-order valence-electron chi connectivity index (χ1n) is 6.40. The number of rotatable bonds is 3. The second-order valence-electron chi connectivity index (χ2n) is 4.85. The van der Waals surface area contributed by atoms with Crippen LogP contribution in [0, 0.1) is 0 Å². The third-order valence-corrected chi connectivity index (χ3v) is 4.44. The molecule has 19 heavy (non-hydrogen) atoms. The van der Waals surface area contributed by atoms with Crippen molar-refractivity contribution in [3.63, 3.8) is 0 Å². The Morgan fingerprint density at radius 2 is 2.32 bits per heavy atom. The van der Waals surface area contributed by atoms with Gasteiger partial charge in [0.05, 0.1) is 11.7 Å². The van der Waals surface area contributed by atoms with Crippen LogP contribution in [0.1, 0.15) is 16.8 Å². The van der Waals surface area contributed by atoms with Gasteiger partial charge < -0.3 is 14.7 Å². The van der Waals surface area contributed by atoms with Crippen molar-refractivity contribution in [3.8, 4) is 5.88 Å². The zero-order valence-electron chi connectivity index (χ0n) is 10.5. The van der Waals surface area contributed by atoms with Crippen molar-refractivity contribution >= 4 is 17.7 Å². The molecule has 6 heteroatoms. The van der Waals surface area contributed by atoms with E-state index in [0.717, 1.165) is 17.9 Å². The first kappa shape index (κ1) is 12.7. The van der Waals surface area contributed by atoms with E-state index in [1.807, 2.05) is 11.8 Å². The van der Waals surface area contributed by atoms with Gasteiger partial charge in [-0.3, -0.25) is 4.79 Å². The largest absolute Gasteiger partial charge is 0.473 e. The molecule has 2 aliphatic rings. The minimum atomic E-state index is -0.376. The van der Waals surface area contributed by atoms with Gasteiger partial charge in [0, 0.05) is 31.1 Å². The minimum Gasteiger partial charge on any atom is -0.473 e. The predicted octanol–water partition coefficient (Wildman–Crippen LogP) is 0.783. The highest BCUT2D eigenvalue weighted by atomic mass is 32.2. The second-order valence-corrected chi connectivity index (χ2v) is 6.00. The monoisotopic (exact) mass is 280 g/mol. The summed E-state index contributed by atoms with van der Waals surface area (Å²) in [5, 5.41) is 9.19. The Morgan fingerprint density at radius 3 is 2.89 bits per heavy atom. The molecule has 2 aliphatic heterocycles. The Hall–Kier alpha value is -1.27. The van der Waals surface area contributed by atoms with Gasteiger partial charge in [0.2, 0.25) is 5.88 Å². The fraction of sp³-hybridized carbons (Fsp3) is 0.538. The van der Waals surface area contributed by atoms with E-state index >= 15 is 0 Å². The van der Waals surface area contributed by atoms with Gasteiger partial charge in [-0.25, -0.2) is 4.98 Å². The molecule has 5 nitrogen and oxygen atoms in total. The second kappa shape index (κ2) is 5.38. The van der Waals surface area contributed by atoms with Crippen LogP contribution in [0.4, 0.5) is 0 Å². The van der Waals surface area contributed by atoms with Crippen molar-refractivity contribution in [2.75, 3.05) is 24.6 Å². The highest BCUT2D eigenvalue weighted by Gasteiger charge is 2.29. The number of pyridine rings is 1. The van der Waals surface area contributed by atoms with E-state index in [1.54, 1.807) is 23.2 Å². The number of amides is 1. The maximum atomic E-state index is 12.0. The first-order valence-corrected chi connectivity index (χ1v) is 7.55. The van der Waals surface area contributed by atoms with E-state index in [-0.39, 0.29) is 18.1 Å². The molecular formula is C13H16N2O3S. The molecule has 0 aromatic carbocycles. The number of carbonyl (C=O) groups is 1. The molecule has 2 saturated heterocycles. The third kappa shape index (κ3) is 2.84. The van der Waals surface area contributed by atoms with E-state index in [9.17, 15) is 9.90 Å². The van der Waals surface area contributed by atoms with Crippen LogP contribution in [0.2, 0.25) is 0 Å². The van der Waals surface area contributed by atoms with E-state index in [0.29, 0.717) is 24.5 Å². The molecule has 3 heterocycles. The molecule has 0 spiro atoms. The number of aliphatic hydroxyl groups is 1. The standard InChI is InChI=1S/C13H16N2O3S/c16-10-6-15(7-10)13(17)9-1-2-12(14-5-9)18-11-3-4-19-8-11/h1-2,5,10-11,16H,3-4,6-8H2/t11-/m1/s1. The molecule has 3 rings (SSSR count). The molecule has 1 aromatic rings. The van der Waals surface area contributed by atoms with Gasteiger partial charge in [0.25, 0.3) is 5.91 Å². The number of ether oxygens (including phenoxy) is 1. The molecule has 0 unspecified atom stereocenters. The van der Waals surface area contributed by atoms with Gasteiger partial charge in [-0.1, -0.05) is 0 Å². The Balaban J connectivity index is 1.60. The quantitative estimate of drug-likeness (QED) is 0.886. The molecule has 102 valence electrons. The molecular weight excluding hydrogens is 264 g/mol. The number of thioether (sulfide) groups is 1. The van der Waals surface area contributed by atoms with E-state index in [1.165, 1.54) is 0 Å². The SMILES string of the molecule is O=C(c1ccc(O[C@@H]2CCSC2)nc1)N1CC(O)C1. The van der Waals surface area contributed by atoms with Crippen molar-refractivity contribution in [1.82, 2.24) is 9.88 Å². The topological polar surface area (TPSA) is 62.7 Å². The van der Waals surface area contributed by atoms with E-state index in [4.69, 9.17) is 4.74 Å². The van der Waals surface area contributed by atoms with Crippen LogP contribution in [-0.4, -0.2) is 57.7 Å². The molecule has 0 radical (unpaired) electrons. The zero-order chi connectivity index (χ0) is 13.2. The van der Waals surface area contributed by atoms with Gasteiger partial charge >= 0.3 is 0 Å². The highest BCUT2D eigenvalue weighted by molar-refractivity contribution is 7.99. The minimum absolute atomic E-state index is 0.0826. The molecule has 0 saturated carbocycles. The third-order valence-electron chi connectivity index (χ3n) is 3.31. The summed E-state index contributed by atoms with van der Waals surface area (Å²) in [6, 6.07) is 3.48. The maximum Gasteiger partial charge on any atom is 0.255 e. The molecule has 2 fully saturated rings. The molecule has 1 aromatic heterocycles. The number of hydrogen-bond donors (Lipinski definition) is 1. The van der Waals surface area contributed by atoms with Crippen LogP contribution in [0.25, 0.3) is 0 Å². The summed E-state index contributed by atoms with van der Waals surface area (Å²) in [6.07, 6.45) is 2.47. The lowest BCUT2D eigenvalue weighted by molar-refractivity contribution is 0.00586. The molecule has 0 aliphatic carbocycles. The smallest absolute Gasteiger partial charge is 0.255 e. The summed E-state index contributed by atoms with van der Waals surface area (Å²) in [5.41, 5.74) is 0.542. The average molecular weight is 280 g/mol. The lowest BCUT2D eigenvalue weighted by Crippen LogP contribution is -2.53. The normalized spacial score (nSPS) is 23.2. The summed E-state index contributed by atoms with van der Waals surface area (Å²) in [4.78, 5) is 17.7. The van der Waals surface area contributed by atoms with Crippen molar-refractivity contribution in [2.45, 2.75) is 18.6 Å². The van der Waals surface area contributed by atoms with Crippen LogP contribution in [-0.2, 0) is 0 Å². The fourth-order valence-corrected chi connectivity index (χ4v) is 3.25.